The Bertz CT molecular complexity index is 599. The van der Waals surface area contributed by atoms with Gasteiger partial charge >= 0.3 is 0 Å². The number of carbonyl (C=O) groups is 1. The molecule has 0 aliphatic carbocycles. The van der Waals surface area contributed by atoms with Gasteiger partial charge in [-0.05, 0) is 46.9 Å². The number of halogens is 3. The lowest BCUT2D eigenvalue weighted by Crippen LogP contribution is -2.11. The van der Waals surface area contributed by atoms with Crippen LogP contribution in [0.25, 0.3) is 0 Å². The Morgan fingerprint density at radius 3 is 2.53 bits per heavy atom. The second kappa shape index (κ2) is 6.34. The quantitative estimate of drug-likeness (QED) is 0.573. The SMILES string of the molecule is O=C(COc1ccc(F)c(Cl)c1)c1ccc(I)cc1. The van der Waals surface area contributed by atoms with E-state index in [9.17, 15) is 9.18 Å². The van der Waals surface area contributed by atoms with Crippen molar-refractivity contribution in [1.82, 2.24) is 0 Å². The van der Waals surface area contributed by atoms with Crippen molar-refractivity contribution in [2.24, 2.45) is 0 Å². The lowest BCUT2D eigenvalue weighted by atomic mass is 10.1. The summed E-state index contributed by atoms with van der Waals surface area (Å²) in [6.07, 6.45) is 0. The van der Waals surface area contributed by atoms with Crippen LogP contribution in [0.1, 0.15) is 10.4 Å². The second-order valence-corrected chi connectivity index (χ2v) is 5.45. The van der Waals surface area contributed by atoms with Gasteiger partial charge in [0.2, 0.25) is 0 Å². The third-order valence-electron chi connectivity index (χ3n) is 2.43. The number of Topliss-reactive ketones (excluding diaryl/α,β-unsaturated/α-hetero) is 1. The summed E-state index contributed by atoms with van der Waals surface area (Å²) in [7, 11) is 0. The number of rotatable bonds is 4. The zero-order valence-corrected chi connectivity index (χ0v) is 12.6. The van der Waals surface area contributed by atoms with E-state index in [1.807, 2.05) is 12.1 Å². The van der Waals surface area contributed by atoms with Crippen LogP contribution in [0.2, 0.25) is 5.02 Å². The van der Waals surface area contributed by atoms with Crippen LogP contribution >= 0.6 is 34.2 Å². The Balaban J connectivity index is 2.00. The van der Waals surface area contributed by atoms with Gasteiger partial charge in [-0.25, -0.2) is 4.39 Å². The molecule has 2 nitrogen and oxygen atoms in total. The summed E-state index contributed by atoms with van der Waals surface area (Å²) in [5.41, 5.74) is 0.577. The highest BCUT2D eigenvalue weighted by molar-refractivity contribution is 14.1. The Kier molecular flexibility index (Phi) is 4.76. The molecular formula is C14H9ClFIO2. The molecule has 0 saturated heterocycles. The zero-order valence-electron chi connectivity index (χ0n) is 9.70. The maximum Gasteiger partial charge on any atom is 0.200 e. The van der Waals surface area contributed by atoms with Gasteiger partial charge in [-0.1, -0.05) is 23.7 Å². The number of hydrogen-bond acceptors (Lipinski definition) is 2. The Labute approximate surface area is 128 Å². The molecule has 0 amide bonds. The summed E-state index contributed by atoms with van der Waals surface area (Å²) >= 11 is 7.79. The molecule has 2 aromatic carbocycles. The molecule has 0 aromatic heterocycles. The van der Waals surface area contributed by atoms with E-state index in [2.05, 4.69) is 22.6 Å². The van der Waals surface area contributed by atoms with Gasteiger partial charge in [-0.3, -0.25) is 4.79 Å². The van der Waals surface area contributed by atoms with Gasteiger partial charge in [0.15, 0.2) is 12.4 Å². The maximum absolute atomic E-state index is 12.9. The van der Waals surface area contributed by atoms with Crippen LogP contribution < -0.4 is 4.74 Å². The fourth-order valence-corrected chi connectivity index (χ4v) is 1.96. The van der Waals surface area contributed by atoms with Gasteiger partial charge in [0, 0.05) is 15.2 Å². The van der Waals surface area contributed by atoms with E-state index in [1.165, 1.54) is 18.2 Å². The molecular weight excluding hydrogens is 382 g/mol. The van der Waals surface area contributed by atoms with Crippen molar-refractivity contribution in [3.8, 4) is 5.75 Å². The van der Waals surface area contributed by atoms with E-state index in [0.29, 0.717) is 11.3 Å². The van der Waals surface area contributed by atoms with E-state index in [0.717, 1.165) is 3.57 Å². The standard InChI is InChI=1S/C14H9ClFIO2/c15-12-7-11(5-6-13(12)16)19-8-14(18)9-1-3-10(17)4-2-9/h1-7H,8H2. The average Bonchev–Trinajstić information content (AvgIpc) is 2.40. The fraction of sp³-hybridized carbons (Fsp3) is 0.0714. The number of carbonyl (C=O) groups excluding carboxylic acids is 1. The van der Waals surface area contributed by atoms with Crippen LogP contribution in [0.5, 0.6) is 5.75 Å². The zero-order chi connectivity index (χ0) is 13.8. The highest BCUT2D eigenvalue weighted by Crippen LogP contribution is 2.21. The Morgan fingerprint density at radius 1 is 1.21 bits per heavy atom. The first-order valence-electron chi connectivity index (χ1n) is 5.43. The molecule has 0 aliphatic rings. The third kappa shape index (κ3) is 3.91. The lowest BCUT2D eigenvalue weighted by Gasteiger charge is -2.06. The topological polar surface area (TPSA) is 26.3 Å². The molecule has 0 bridgehead atoms. The summed E-state index contributed by atoms with van der Waals surface area (Å²) in [5, 5.41) is -0.0285. The summed E-state index contributed by atoms with van der Waals surface area (Å²) in [5.74, 6) is -0.292. The molecule has 0 atom stereocenters. The van der Waals surface area contributed by atoms with Crippen LogP contribution in [0.15, 0.2) is 42.5 Å². The van der Waals surface area contributed by atoms with E-state index in [1.54, 1.807) is 12.1 Å². The van der Waals surface area contributed by atoms with Crippen LogP contribution in [-0.4, -0.2) is 12.4 Å². The fourth-order valence-electron chi connectivity index (χ4n) is 1.43. The van der Waals surface area contributed by atoms with Crippen molar-refractivity contribution in [2.45, 2.75) is 0 Å². The molecule has 5 heteroatoms. The number of ketones is 1. The van der Waals surface area contributed by atoms with Crippen molar-refractivity contribution >= 4 is 40.0 Å². The predicted octanol–water partition coefficient (Wildman–Crippen LogP) is 4.35. The Morgan fingerprint density at radius 2 is 1.89 bits per heavy atom. The lowest BCUT2D eigenvalue weighted by molar-refractivity contribution is 0.0921. The molecule has 0 heterocycles. The minimum Gasteiger partial charge on any atom is -0.485 e. The van der Waals surface area contributed by atoms with Gasteiger partial charge in [0.05, 0.1) is 5.02 Å². The molecule has 0 N–H and O–H groups in total. The minimum atomic E-state index is -0.516. The maximum atomic E-state index is 12.9. The van der Waals surface area contributed by atoms with Crippen LogP contribution in [0.4, 0.5) is 4.39 Å². The molecule has 0 aliphatic heterocycles. The molecule has 98 valence electrons. The summed E-state index contributed by atoms with van der Waals surface area (Å²) in [4.78, 5) is 11.8. The normalized spacial score (nSPS) is 10.3. The second-order valence-electron chi connectivity index (χ2n) is 3.79. The first-order chi connectivity index (χ1) is 9.06. The number of ether oxygens (including phenoxy) is 1. The van der Waals surface area contributed by atoms with Gasteiger partial charge in [0.1, 0.15) is 11.6 Å². The van der Waals surface area contributed by atoms with E-state index >= 15 is 0 Å². The third-order valence-corrected chi connectivity index (χ3v) is 3.44. The van der Waals surface area contributed by atoms with Crippen molar-refractivity contribution in [3.05, 3.63) is 62.4 Å². The largest absolute Gasteiger partial charge is 0.485 e. The number of benzene rings is 2. The van der Waals surface area contributed by atoms with Crippen molar-refractivity contribution in [2.75, 3.05) is 6.61 Å². The van der Waals surface area contributed by atoms with Crippen LogP contribution in [0.3, 0.4) is 0 Å². The highest BCUT2D eigenvalue weighted by atomic mass is 127. The summed E-state index contributed by atoms with van der Waals surface area (Å²) in [6, 6.07) is 11.2. The first kappa shape index (κ1) is 14.3. The summed E-state index contributed by atoms with van der Waals surface area (Å²) < 4.78 is 19.3. The molecule has 0 unspecified atom stereocenters. The van der Waals surface area contributed by atoms with Gasteiger partial charge < -0.3 is 4.74 Å². The van der Waals surface area contributed by atoms with E-state index in [4.69, 9.17) is 16.3 Å². The Hall–Kier alpha value is -1.14. The van der Waals surface area contributed by atoms with Crippen LogP contribution in [0, 0.1) is 9.39 Å². The van der Waals surface area contributed by atoms with Gasteiger partial charge in [-0.15, -0.1) is 0 Å². The minimum absolute atomic E-state index is 0.0285. The van der Waals surface area contributed by atoms with E-state index < -0.39 is 5.82 Å². The smallest absolute Gasteiger partial charge is 0.200 e. The van der Waals surface area contributed by atoms with Crippen molar-refractivity contribution in [3.63, 3.8) is 0 Å². The molecule has 19 heavy (non-hydrogen) atoms. The molecule has 2 aromatic rings. The van der Waals surface area contributed by atoms with Gasteiger partial charge in [-0.2, -0.15) is 0 Å². The molecule has 0 saturated carbocycles. The van der Waals surface area contributed by atoms with Gasteiger partial charge in [0.25, 0.3) is 0 Å². The first-order valence-corrected chi connectivity index (χ1v) is 6.88. The van der Waals surface area contributed by atoms with Crippen LogP contribution in [-0.2, 0) is 0 Å². The van der Waals surface area contributed by atoms with E-state index in [-0.39, 0.29) is 17.4 Å². The molecule has 0 radical (unpaired) electrons. The van der Waals surface area contributed by atoms with Crippen molar-refractivity contribution < 1.29 is 13.9 Å². The highest BCUT2D eigenvalue weighted by Gasteiger charge is 2.08. The van der Waals surface area contributed by atoms with Crippen molar-refractivity contribution in [1.29, 1.82) is 0 Å². The summed E-state index contributed by atoms with van der Waals surface area (Å²) in [6.45, 7) is -0.109. The predicted molar refractivity (Wildman–Crippen MR) is 80.4 cm³/mol. The molecule has 0 spiro atoms. The molecule has 0 fully saturated rings. The monoisotopic (exact) mass is 390 g/mol. The molecule has 2 rings (SSSR count). The average molecular weight is 391 g/mol. The number of hydrogen-bond donors (Lipinski definition) is 0.